The van der Waals surface area contributed by atoms with Crippen LogP contribution in [0.2, 0.25) is 0 Å². The SMILES string of the molecule is C=C(Nc1ccc(F)cc1F)C(=O)OC. The van der Waals surface area contributed by atoms with Crippen molar-refractivity contribution in [3.63, 3.8) is 0 Å². The third-order valence-corrected chi connectivity index (χ3v) is 1.65. The van der Waals surface area contributed by atoms with E-state index in [0.717, 1.165) is 6.07 Å². The molecule has 0 aliphatic heterocycles. The zero-order chi connectivity index (χ0) is 11.4. The van der Waals surface area contributed by atoms with E-state index in [2.05, 4.69) is 16.6 Å². The molecule has 0 heterocycles. The van der Waals surface area contributed by atoms with Crippen molar-refractivity contribution in [2.75, 3.05) is 12.4 Å². The lowest BCUT2D eigenvalue weighted by Gasteiger charge is -2.08. The quantitative estimate of drug-likeness (QED) is 0.617. The smallest absolute Gasteiger partial charge is 0.353 e. The molecule has 0 atom stereocenters. The number of anilines is 1. The van der Waals surface area contributed by atoms with Crippen molar-refractivity contribution in [2.24, 2.45) is 0 Å². The van der Waals surface area contributed by atoms with Gasteiger partial charge < -0.3 is 10.1 Å². The summed E-state index contributed by atoms with van der Waals surface area (Å²) in [5.74, 6) is -2.21. The van der Waals surface area contributed by atoms with Crippen LogP contribution in [-0.4, -0.2) is 13.1 Å². The maximum absolute atomic E-state index is 13.1. The highest BCUT2D eigenvalue weighted by atomic mass is 19.1. The zero-order valence-corrected chi connectivity index (χ0v) is 8.01. The van der Waals surface area contributed by atoms with Crippen molar-refractivity contribution >= 4 is 11.7 Å². The Morgan fingerprint density at radius 1 is 1.47 bits per heavy atom. The summed E-state index contributed by atoms with van der Waals surface area (Å²) in [4.78, 5) is 10.9. The third-order valence-electron chi connectivity index (χ3n) is 1.65. The molecule has 0 saturated carbocycles. The molecule has 0 aliphatic carbocycles. The van der Waals surface area contributed by atoms with E-state index in [9.17, 15) is 13.6 Å². The topological polar surface area (TPSA) is 38.3 Å². The predicted octanol–water partition coefficient (Wildman–Crippen LogP) is 2.06. The maximum atomic E-state index is 13.1. The molecule has 1 aromatic rings. The molecule has 5 heteroatoms. The van der Waals surface area contributed by atoms with Crippen LogP contribution in [0.5, 0.6) is 0 Å². The van der Waals surface area contributed by atoms with Gasteiger partial charge in [-0.1, -0.05) is 6.58 Å². The predicted molar refractivity (Wildman–Crippen MR) is 51.1 cm³/mol. The fraction of sp³-hybridized carbons (Fsp3) is 0.100. The molecule has 0 amide bonds. The summed E-state index contributed by atoms with van der Waals surface area (Å²) in [7, 11) is 1.18. The van der Waals surface area contributed by atoms with E-state index in [0.29, 0.717) is 6.07 Å². The van der Waals surface area contributed by atoms with Crippen molar-refractivity contribution in [3.05, 3.63) is 42.1 Å². The Kier molecular flexibility index (Phi) is 3.38. The van der Waals surface area contributed by atoms with Crippen molar-refractivity contribution in [1.82, 2.24) is 0 Å². The molecule has 0 spiro atoms. The van der Waals surface area contributed by atoms with E-state index in [1.807, 2.05) is 0 Å². The molecule has 0 fully saturated rings. The largest absolute Gasteiger partial charge is 0.464 e. The first-order valence-corrected chi connectivity index (χ1v) is 4.04. The number of carbonyl (C=O) groups excluding carboxylic acids is 1. The molecule has 80 valence electrons. The Morgan fingerprint density at radius 2 is 2.13 bits per heavy atom. The Morgan fingerprint density at radius 3 is 2.67 bits per heavy atom. The number of hydrogen-bond donors (Lipinski definition) is 1. The van der Waals surface area contributed by atoms with Crippen molar-refractivity contribution in [2.45, 2.75) is 0 Å². The number of carbonyl (C=O) groups is 1. The van der Waals surface area contributed by atoms with Crippen LogP contribution in [0.3, 0.4) is 0 Å². The van der Waals surface area contributed by atoms with Crippen LogP contribution in [0, 0.1) is 11.6 Å². The van der Waals surface area contributed by atoms with Gasteiger partial charge in [0.2, 0.25) is 0 Å². The molecule has 0 unspecified atom stereocenters. The van der Waals surface area contributed by atoms with Crippen LogP contribution in [0.1, 0.15) is 0 Å². The summed E-state index contributed by atoms with van der Waals surface area (Å²) >= 11 is 0. The van der Waals surface area contributed by atoms with Gasteiger partial charge in [0.05, 0.1) is 12.8 Å². The zero-order valence-electron chi connectivity index (χ0n) is 8.01. The lowest BCUT2D eigenvalue weighted by Crippen LogP contribution is -2.12. The first kappa shape index (κ1) is 11.2. The number of ether oxygens (including phenoxy) is 1. The molecule has 3 nitrogen and oxygen atoms in total. The Labute approximate surface area is 85.4 Å². The maximum Gasteiger partial charge on any atom is 0.353 e. The molecule has 15 heavy (non-hydrogen) atoms. The summed E-state index contributed by atoms with van der Waals surface area (Å²) in [5.41, 5.74) is -0.158. The number of hydrogen-bond acceptors (Lipinski definition) is 3. The fourth-order valence-corrected chi connectivity index (χ4v) is 0.928. The number of halogens is 2. The second-order valence-electron chi connectivity index (χ2n) is 2.72. The first-order chi connectivity index (χ1) is 7.04. The summed E-state index contributed by atoms with van der Waals surface area (Å²) < 4.78 is 30.0. The minimum atomic E-state index is -0.806. The van der Waals surface area contributed by atoms with Crippen LogP contribution in [0.25, 0.3) is 0 Å². The Balaban J connectivity index is 2.81. The van der Waals surface area contributed by atoms with Gasteiger partial charge in [0.15, 0.2) is 0 Å². The van der Waals surface area contributed by atoms with E-state index in [1.165, 1.54) is 13.2 Å². The molecular formula is C10H9F2NO2. The van der Waals surface area contributed by atoms with Crippen LogP contribution in [0.15, 0.2) is 30.5 Å². The molecule has 0 saturated heterocycles. The molecule has 1 N–H and O–H groups in total. The van der Waals surface area contributed by atoms with E-state index in [4.69, 9.17) is 0 Å². The third kappa shape index (κ3) is 2.77. The lowest BCUT2D eigenvalue weighted by atomic mass is 10.3. The molecular weight excluding hydrogens is 204 g/mol. The van der Waals surface area contributed by atoms with Crippen LogP contribution in [0.4, 0.5) is 14.5 Å². The first-order valence-electron chi connectivity index (χ1n) is 4.04. The van der Waals surface area contributed by atoms with Gasteiger partial charge in [-0.2, -0.15) is 0 Å². The number of esters is 1. The molecule has 0 aromatic heterocycles. The van der Waals surface area contributed by atoms with E-state index < -0.39 is 17.6 Å². The second-order valence-corrected chi connectivity index (χ2v) is 2.72. The standard InChI is InChI=1S/C10H9F2NO2/c1-6(10(14)15-2)13-9-4-3-7(11)5-8(9)12/h3-5,13H,1H2,2H3. The monoisotopic (exact) mass is 213 g/mol. The average Bonchev–Trinajstić information content (AvgIpc) is 2.20. The molecule has 0 bridgehead atoms. The highest BCUT2D eigenvalue weighted by molar-refractivity contribution is 5.91. The fourth-order valence-electron chi connectivity index (χ4n) is 0.928. The van der Waals surface area contributed by atoms with Crippen LogP contribution >= 0.6 is 0 Å². The molecule has 0 aliphatic rings. The van der Waals surface area contributed by atoms with Crippen molar-refractivity contribution < 1.29 is 18.3 Å². The second kappa shape index (κ2) is 4.54. The van der Waals surface area contributed by atoms with Crippen molar-refractivity contribution in [1.29, 1.82) is 0 Å². The van der Waals surface area contributed by atoms with Crippen LogP contribution < -0.4 is 5.32 Å². The van der Waals surface area contributed by atoms with Crippen LogP contribution in [-0.2, 0) is 9.53 Å². The number of nitrogens with one attached hydrogen (secondary N) is 1. The minimum Gasteiger partial charge on any atom is -0.464 e. The van der Waals surface area contributed by atoms with Crippen molar-refractivity contribution in [3.8, 4) is 0 Å². The highest BCUT2D eigenvalue weighted by Gasteiger charge is 2.09. The molecule has 0 radical (unpaired) electrons. The summed E-state index contributed by atoms with van der Waals surface area (Å²) in [5, 5.41) is 2.38. The number of methoxy groups -OCH3 is 1. The summed E-state index contributed by atoms with van der Waals surface area (Å²) in [6.07, 6.45) is 0. The number of benzene rings is 1. The van der Waals surface area contributed by atoms with Gasteiger partial charge in [0.1, 0.15) is 17.3 Å². The van der Waals surface area contributed by atoms with Gasteiger partial charge in [-0.3, -0.25) is 0 Å². The average molecular weight is 213 g/mol. The van der Waals surface area contributed by atoms with Gasteiger partial charge >= 0.3 is 5.97 Å². The normalized spacial score (nSPS) is 9.53. The van der Waals surface area contributed by atoms with Gasteiger partial charge in [0.25, 0.3) is 0 Å². The highest BCUT2D eigenvalue weighted by Crippen LogP contribution is 2.16. The number of rotatable bonds is 3. The van der Waals surface area contributed by atoms with E-state index in [1.54, 1.807) is 0 Å². The Bertz CT molecular complexity index is 404. The minimum absolute atomic E-state index is 0.0354. The van der Waals surface area contributed by atoms with Gasteiger partial charge in [-0.05, 0) is 12.1 Å². The molecule has 1 rings (SSSR count). The molecule has 1 aromatic carbocycles. The summed E-state index contributed by atoms with van der Waals surface area (Å²) in [6, 6.07) is 2.93. The van der Waals surface area contributed by atoms with E-state index >= 15 is 0 Å². The van der Waals surface area contributed by atoms with E-state index in [-0.39, 0.29) is 11.4 Å². The van der Waals surface area contributed by atoms with Gasteiger partial charge in [0, 0.05) is 6.07 Å². The van der Waals surface area contributed by atoms with Gasteiger partial charge in [-0.25, -0.2) is 13.6 Å². The summed E-state index contributed by atoms with van der Waals surface area (Å²) in [6.45, 7) is 3.34. The Hall–Kier alpha value is -1.91. The van der Waals surface area contributed by atoms with Gasteiger partial charge in [-0.15, -0.1) is 0 Å². The lowest BCUT2D eigenvalue weighted by molar-refractivity contribution is -0.135.